The molecule has 0 aromatic heterocycles. The first kappa shape index (κ1) is 20.8. The molecule has 1 unspecified atom stereocenters. The first-order chi connectivity index (χ1) is 10.1. The lowest BCUT2D eigenvalue weighted by molar-refractivity contribution is 0.0706. The maximum atomic E-state index is 5.87. The van der Waals surface area contributed by atoms with Crippen molar-refractivity contribution in [3.63, 3.8) is 0 Å². The standard InChI is InChI=1S/C17H36O3Si/c1-6-14-17(5)15-12-10-11-13-16-21(18-7-2,19-8-3)20-9-4/h6,14,17H,7-13,15-16H2,1-5H3. The van der Waals surface area contributed by atoms with Gasteiger partial charge in [0.2, 0.25) is 0 Å². The van der Waals surface area contributed by atoms with E-state index < -0.39 is 8.80 Å². The molecule has 0 saturated carbocycles. The Hall–Kier alpha value is -0.163. The molecule has 4 heteroatoms. The Morgan fingerprint density at radius 1 is 0.857 bits per heavy atom. The normalized spacial score (nSPS) is 14.0. The molecule has 0 rings (SSSR count). The van der Waals surface area contributed by atoms with E-state index >= 15 is 0 Å². The molecule has 0 bridgehead atoms. The molecule has 0 saturated heterocycles. The van der Waals surface area contributed by atoms with Crippen LogP contribution in [0.4, 0.5) is 0 Å². The summed E-state index contributed by atoms with van der Waals surface area (Å²) in [5.74, 6) is 0.707. The van der Waals surface area contributed by atoms with Gasteiger partial charge >= 0.3 is 8.80 Å². The average molecular weight is 317 g/mol. The molecule has 0 aromatic rings. The van der Waals surface area contributed by atoms with Gasteiger partial charge in [0.05, 0.1) is 0 Å². The van der Waals surface area contributed by atoms with E-state index in [-0.39, 0.29) is 0 Å². The van der Waals surface area contributed by atoms with Crippen LogP contribution in [0.1, 0.15) is 66.7 Å². The molecule has 21 heavy (non-hydrogen) atoms. The lowest BCUT2D eigenvalue weighted by Gasteiger charge is -2.28. The van der Waals surface area contributed by atoms with Gasteiger partial charge < -0.3 is 13.3 Å². The molecule has 0 radical (unpaired) electrons. The predicted molar refractivity (Wildman–Crippen MR) is 92.5 cm³/mol. The topological polar surface area (TPSA) is 27.7 Å². The maximum absolute atomic E-state index is 5.87. The molecule has 126 valence electrons. The molecule has 0 fully saturated rings. The van der Waals surface area contributed by atoms with Gasteiger partial charge in [0.1, 0.15) is 0 Å². The number of rotatable bonds is 14. The second-order valence-electron chi connectivity index (χ2n) is 5.44. The minimum Gasteiger partial charge on any atom is -0.374 e. The average Bonchev–Trinajstić information content (AvgIpc) is 2.44. The van der Waals surface area contributed by atoms with E-state index in [1.807, 2.05) is 20.8 Å². The van der Waals surface area contributed by atoms with Gasteiger partial charge in [-0.25, -0.2) is 0 Å². The van der Waals surface area contributed by atoms with E-state index in [1.54, 1.807) is 0 Å². The Morgan fingerprint density at radius 2 is 1.38 bits per heavy atom. The Balaban J connectivity index is 3.96. The fourth-order valence-corrected chi connectivity index (χ4v) is 5.27. The lowest BCUT2D eigenvalue weighted by atomic mass is 10.0. The first-order valence-corrected chi connectivity index (χ1v) is 10.6. The Kier molecular flexibility index (Phi) is 13.4. The lowest BCUT2D eigenvalue weighted by Crippen LogP contribution is -2.45. The van der Waals surface area contributed by atoms with Crippen molar-refractivity contribution in [1.29, 1.82) is 0 Å². The second-order valence-corrected chi connectivity index (χ2v) is 8.17. The van der Waals surface area contributed by atoms with Crippen LogP contribution in [0.5, 0.6) is 0 Å². The van der Waals surface area contributed by atoms with Crippen molar-refractivity contribution >= 4 is 8.80 Å². The van der Waals surface area contributed by atoms with Gasteiger partial charge in [-0.1, -0.05) is 38.3 Å². The van der Waals surface area contributed by atoms with Crippen molar-refractivity contribution in [2.45, 2.75) is 72.8 Å². The summed E-state index contributed by atoms with van der Waals surface area (Å²) in [5, 5.41) is 0. The van der Waals surface area contributed by atoms with E-state index in [9.17, 15) is 0 Å². The second kappa shape index (κ2) is 13.5. The smallest absolute Gasteiger partial charge is 0.374 e. The van der Waals surface area contributed by atoms with Crippen molar-refractivity contribution in [3.05, 3.63) is 12.2 Å². The highest BCUT2D eigenvalue weighted by Crippen LogP contribution is 2.21. The van der Waals surface area contributed by atoms with Crippen LogP contribution in [0.25, 0.3) is 0 Å². The molecule has 0 aliphatic rings. The summed E-state index contributed by atoms with van der Waals surface area (Å²) in [7, 11) is -2.40. The third-order valence-corrected chi connectivity index (χ3v) is 6.66. The van der Waals surface area contributed by atoms with E-state index in [0.717, 1.165) is 12.5 Å². The molecular weight excluding hydrogens is 280 g/mol. The number of allylic oxidation sites excluding steroid dienone is 2. The molecule has 0 aliphatic heterocycles. The Morgan fingerprint density at radius 3 is 1.86 bits per heavy atom. The molecule has 0 heterocycles. The van der Waals surface area contributed by atoms with Gasteiger partial charge in [-0.3, -0.25) is 0 Å². The first-order valence-electron chi connectivity index (χ1n) is 8.68. The highest BCUT2D eigenvalue weighted by molar-refractivity contribution is 6.60. The highest BCUT2D eigenvalue weighted by Gasteiger charge is 2.39. The third-order valence-electron chi connectivity index (χ3n) is 3.51. The van der Waals surface area contributed by atoms with Gasteiger partial charge in [0, 0.05) is 25.9 Å². The van der Waals surface area contributed by atoms with Gasteiger partial charge in [-0.05, 0) is 46.5 Å². The van der Waals surface area contributed by atoms with Gasteiger partial charge in [-0.2, -0.15) is 0 Å². The highest BCUT2D eigenvalue weighted by atomic mass is 28.4. The zero-order valence-corrected chi connectivity index (χ0v) is 15.8. The van der Waals surface area contributed by atoms with Crippen molar-refractivity contribution in [1.82, 2.24) is 0 Å². The number of unbranched alkanes of at least 4 members (excludes halogenated alkanes) is 3. The van der Waals surface area contributed by atoms with Gasteiger partial charge in [0.15, 0.2) is 0 Å². The summed E-state index contributed by atoms with van der Waals surface area (Å²) in [6.07, 6.45) is 10.7. The summed E-state index contributed by atoms with van der Waals surface area (Å²) in [4.78, 5) is 0. The largest absolute Gasteiger partial charge is 0.500 e. The van der Waals surface area contributed by atoms with Crippen molar-refractivity contribution in [2.75, 3.05) is 19.8 Å². The molecular formula is C17H36O3Si. The molecule has 0 N–H and O–H groups in total. The molecule has 0 aliphatic carbocycles. The Bertz CT molecular complexity index is 239. The van der Waals surface area contributed by atoms with Crippen LogP contribution in [0.2, 0.25) is 6.04 Å². The SMILES string of the molecule is CC=CC(C)CCCCCC[Si](OCC)(OCC)OCC. The summed E-state index contributed by atoms with van der Waals surface area (Å²) < 4.78 is 17.6. The molecule has 0 aromatic carbocycles. The van der Waals surface area contributed by atoms with Crippen LogP contribution < -0.4 is 0 Å². The molecule has 1 atom stereocenters. The Labute approximate surface area is 133 Å². The monoisotopic (exact) mass is 316 g/mol. The summed E-state index contributed by atoms with van der Waals surface area (Å²) in [6.45, 7) is 12.5. The van der Waals surface area contributed by atoms with Crippen LogP contribution in [0.15, 0.2) is 12.2 Å². The number of hydrogen-bond acceptors (Lipinski definition) is 3. The zero-order chi connectivity index (χ0) is 16.0. The number of hydrogen-bond donors (Lipinski definition) is 0. The zero-order valence-electron chi connectivity index (χ0n) is 14.8. The van der Waals surface area contributed by atoms with Crippen molar-refractivity contribution in [3.8, 4) is 0 Å². The molecule has 3 nitrogen and oxygen atoms in total. The van der Waals surface area contributed by atoms with E-state index in [0.29, 0.717) is 25.7 Å². The van der Waals surface area contributed by atoms with E-state index in [4.69, 9.17) is 13.3 Å². The molecule has 0 spiro atoms. The van der Waals surface area contributed by atoms with Crippen LogP contribution in [0, 0.1) is 5.92 Å². The van der Waals surface area contributed by atoms with Crippen LogP contribution in [0.3, 0.4) is 0 Å². The van der Waals surface area contributed by atoms with Gasteiger partial charge in [-0.15, -0.1) is 0 Å². The summed E-state index contributed by atoms with van der Waals surface area (Å²) in [5.41, 5.74) is 0. The van der Waals surface area contributed by atoms with Crippen LogP contribution in [-0.2, 0) is 13.3 Å². The van der Waals surface area contributed by atoms with Crippen molar-refractivity contribution < 1.29 is 13.3 Å². The maximum Gasteiger partial charge on any atom is 0.500 e. The fraction of sp³-hybridized carbons (Fsp3) is 0.882. The minimum absolute atomic E-state index is 0.674. The van der Waals surface area contributed by atoms with Crippen LogP contribution >= 0.6 is 0 Å². The molecule has 0 amide bonds. The van der Waals surface area contributed by atoms with Gasteiger partial charge in [0.25, 0.3) is 0 Å². The van der Waals surface area contributed by atoms with Crippen LogP contribution in [-0.4, -0.2) is 28.6 Å². The van der Waals surface area contributed by atoms with Crippen molar-refractivity contribution in [2.24, 2.45) is 5.92 Å². The summed E-state index contributed by atoms with van der Waals surface area (Å²) >= 11 is 0. The third kappa shape index (κ3) is 10.2. The van der Waals surface area contributed by atoms with E-state index in [1.165, 1.54) is 25.7 Å². The van der Waals surface area contributed by atoms with E-state index in [2.05, 4.69) is 26.0 Å². The fourth-order valence-electron chi connectivity index (χ4n) is 2.59. The predicted octanol–water partition coefficient (Wildman–Crippen LogP) is 5.20. The quantitative estimate of drug-likeness (QED) is 0.250. The summed E-state index contributed by atoms with van der Waals surface area (Å²) in [6, 6.07) is 0.951. The minimum atomic E-state index is -2.40.